The second-order valence-corrected chi connectivity index (χ2v) is 8.09. The normalized spacial score (nSPS) is 51.5. The van der Waals surface area contributed by atoms with Crippen molar-refractivity contribution in [3.05, 3.63) is 0 Å². The van der Waals surface area contributed by atoms with Crippen molar-refractivity contribution in [1.82, 2.24) is 0 Å². The van der Waals surface area contributed by atoms with Crippen LogP contribution in [0.4, 0.5) is 0 Å². The van der Waals surface area contributed by atoms with E-state index in [9.17, 15) is 0 Å². The first-order valence-corrected chi connectivity index (χ1v) is 7.85. The third kappa shape index (κ3) is 1.35. The van der Waals surface area contributed by atoms with Crippen molar-refractivity contribution in [3.63, 3.8) is 0 Å². The van der Waals surface area contributed by atoms with Gasteiger partial charge in [-0.2, -0.15) is 0 Å². The van der Waals surface area contributed by atoms with Gasteiger partial charge in [0.05, 0.1) is 0 Å². The van der Waals surface area contributed by atoms with Crippen LogP contribution >= 0.6 is 0 Å². The van der Waals surface area contributed by atoms with E-state index in [-0.39, 0.29) is 0 Å². The Bertz CT molecular complexity index is 295. The van der Waals surface area contributed by atoms with Crippen LogP contribution < -0.4 is 5.73 Å². The van der Waals surface area contributed by atoms with E-state index in [1.54, 1.807) is 19.3 Å². The van der Waals surface area contributed by atoms with Crippen molar-refractivity contribution < 1.29 is 0 Å². The zero-order valence-electron chi connectivity index (χ0n) is 11.3. The molecular weight excluding hydrogens is 206 g/mol. The number of hydrogen-bond donors (Lipinski definition) is 1. The molecule has 5 fully saturated rings. The van der Waals surface area contributed by atoms with E-state index < -0.39 is 0 Å². The molecule has 0 heterocycles. The highest BCUT2D eigenvalue weighted by Gasteiger charge is 2.61. The summed E-state index contributed by atoms with van der Waals surface area (Å²) in [6.45, 7) is 3.50. The minimum absolute atomic E-state index is 0.489. The first-order chi connectivity index (χ1) is 8.15. The molecule has 1 atom stereocenters. The predicted octanol–water partition coefficient (Wildman–Crippen LogP) is 3.58. The maximum Gasteiger partial charge on any atom is -0.00152 e. The monoisotopic (exact) mass is 233 g/mol. The van der Waals surface area contributed by atoms with Gasteiger partial charge in [0, 0.05) is 0 Å². The summed E-state index contributed by atoms with van der Waals surface area (Å²) in [5.74, 6) is 4.20. The fourth-order valence-electron chi connectivity index (χ4n) is 6.35. The van der Waals surface area contributed by atoms with Crippen molar-refractivity contribution in [3.8, 4) is 0 Å². The number of rotatable bonds is 3. The average molecular weight is 233 g/mol. The highest BCUT2D eigenvalue weighted by Crippen LogP contribution is 2.69. The fourth-order valence-corrected chi connectivity index (χ4v) is 6.35. The van der Waals surface area contributed by atoms with Gasteiger partial charge in [0.1, 0.15) is 0 Å². The molecule has 0 amide bonds. The van der Waals surface area contributed by atoms with E-state index in [1.807, 2.05) is 0 Å². The van der Waals surface area contributed by atoms with Crippen molar-refractivity contribution in [2.75, 3.05) is 6.54 Å². The minimum atomic E-state index is 0.489. The van der Waals surface area contributed by atoms with Crippen molar-refractivity contribution in [2.24, 2.45) is 40.2 Å². The van der Waals surface area contributed by atoms with Crippen LogP contribution in [0.3, 0.4) is 0 Å². The summed E-state index contributed by atoms with van der Waals surface area (Å²) in [5, 5.41) is 0. The molecule has 0 aromatic rings. The van der Waals surface area contributed by atoms with Gasteiger partial charge in [0.2, 0.25) is 0 Å². The van der Waals surface area contributed by atoms with Gasteiger partial charge in [-0.05, 0) is 92.4 Å². The van der Waals surface area contributed by atoms with Gasteiger partial charge >= 0.3 is 0 Å². The maximum absolute atomic E-state index is 6.27. The molecule has 96 valence electrons. The van der Waals surface area contributed by atoms with E-state index in [4.69, 9.17) is 5.73 Å². The van der Waals surface area contributed by atoms with Crippen LogP contribution in [0.1, 0.15) is 58.3 Å². The maximum atomic E-state index is 6.27. The van der Waals surface area contributed by atoms with Crippen LogP contribution in [-0.4, -0.2) is 6.54 Å². The SMILES string of the molecule is CC(CN)(C1CC1)C12CC3CC(CC(C3)C1)C2. The molecule has 4 bridgehead atoms. The van der Waals surface area contributed by atoms with Gasteiger partial charge in [0.15, 0.2) is 0 Å². The lowest BCUT2D eigenvalue weighted by atomic mass is 9.42. The van der Waals surface area contributed by atoms with Gasteiger partial charge in [-0.15, -0.1) is 0 Å². The van der Waals surface area contributed by atoms with Crippen molar-refractivity contribution in [1.29, 1.82) is 0 Å². The van der Waals surface area contributed by atoms with Gasteiger partial charge in [-0.25, -0.2) is 0 Å². The van der Waals surface area contributed by atoms with Crippen LogP contribution in [0.15, 0.2) is 0 Å². The second-order valence-electron chi connectivity index (χ2n) is 8.09. The lowest BCUT2D eigenvalue weighted by molar-refractivity contribution is -0.130. The molecule has 0 aliphatic heterocycles. The molecule has 5 saturated carbocycles. The van der Waals surface area contributed by atoms with Crippen molar-refractivity contribution >= 4 is 0 Å². The summed E-state index contributed by atoms with van der Waals surface area (Å²) in [7, 11) is 0. The minimum Gasteiger partial charge on any atom is -0.330 e. The van der Waals surface area contributed by atoms with E-state index in [0.29, 0.717) is 10.8 Å². The van der Waals surface area contributed by atoms with Crippen LogP contribution in [0.25, 0.3) is 0 Å². The summed E-state index contributed by atoms with van der Waals surface area (Å²) in [6, 6.07) is 0. The summed E-state index contributed by atoms with van der Waals surface area (Å²) in [4.78, 5) is 0. The topological polar surface area (TPSA) is 26.0 Å². The van der Waals surface area contributed by atoms with Gasteiger partial charge in [-0.1, -0.05) is 6.92 Å². The van der Waals surface area contributed by atoms with E-state index in [0.717, 1.165) is 30.2 Å². The summed E-state index contributed by atoms with van der Waals surface area (Å²) >= 11 is 0. The molecule has 0 aromatic heterocycles. The quantitative estimate of drug-likeness (QED) is 0.792. The molecule has 0 aromatic carbocycles. The predicted molar refractivity (Wildman–Crippen MR) is 70.5 cm³/mol. The third-order valence-electron chi connectivity index (χ3n) is 7.15. The van der Waals surface area contributed by atoms with Gasteiger partial charge < -0.3 is 5.73 Å². The number of hydrogen-bond acceptors (Lipinski definition) is 1. The Labute approximate surface area is 106 Å². The lowest BCUT2D eigenvalue weighted by Gasteiger charge is -2.63. The molecule has 2 N–H and O–H groups in total. The molecule has 0 radical (unpaired) electrons. The molecule has 0 spiro atoms. The standard InChI is InChI=1S/C16H27N/c1-15(10-17,14-2-3-14)16-7-11-4-12(8-16)6-13(5-11)9-16/h11-14H,2-10,17H2,1H3. The Morgan fingerprint density at radius 1 is 1.00 bits per heavy atom. The smallest absolute Gasteiger partial charge is 0.00152 e. The number of nitrogens with two attached hydrogens (primary N) is 1. The zero-order chi connectivity index (χ0) is 11.7. The molecular formula is C16H27N. The van der Waals surface area contributed by atoms with E-state index in [2.05, 4.69) is 6.92 Å². The van der Waals surface area contributed by atoms with Crippen LogP contribution in [0.2, 0.25) is 0 Å². The molecule has 17 heavy (non-hydrogen) atoms. The summed E-state index contributed by atoms with van der Waals surface area (Å²) in [6.07, 6.45) is 12.2. The molecule has 5 aliphatic carbocycles. The first-order valence-electron chi connectivity index (χ1n) is 7.85. The van der Waals surface area contributed by atoms with Crippen molar-refractivity contribution in [2.45, 2.75) is 58.3 Å². The second kappa shape index (κ2) is 3.29. The average Bonchev–Trinajstić information content (AvgIpc) is 3.09. The van der Waals surface area contributed by atoms with E-state index in [1.165, 1.54) is 32.1 Å². The van der Waals surface area contributed by atoms with Gasteiger partial charge in [-0.3, -0.25) is 0 Å². The molecule has 1 heteroatoms. The van der Waals surface area contributed by atoms with E-state index >= 15 is 0 Å². The lowest BCUT2D eigenvalue weighted by Crippen LogP contribution is -2.56. The Hall–Kier alpha value is -0.0400. The molecule has 0 saturated heterocycles. The Morgan fingerprint density at radius 2 is 1.47 bits per heavy atom. The molecule has 1 nitrogen and oxygen atoms in total. The molecule has 5 aliphatic rings. The zero-order valence-corrected chi connectivity index (χ0v) is 11.3. The fraction of sp³-hybridized carbons (Fsp3) is 1.00. The first kappa shape index (κ1) is 10.8. The summed E-state index contributed by atoms with van der Waals surface area (Å²) < 4.78 is 0. The van der Waals surface area contributed by atoms with Crippen LogP contribution in [-0.2, 0) is 0 Å². The van der Waals surface area contributed by atoms with Crippen LogP contribution in [0, 0.1) is 34.5 Å². The summed E-state index contributed by atoms with van der Waals surface area (Å²) in [5.41, 5.74) is 7.42. The Kier molecular flexibility index (Phi) is 2.10. The van der Waals surface area contributed by atoms with Crippen LogP contribution in [0.5, 0.6) is 0 Å². The Morgan fingerprint density at radius 3 is 1.82 bits per heavy atom. The molecule has 1 unspecified atom stereocenters. The van der Waals surface area contributed by atoms with Gasteiger partial charge in [0.25, 0.3) is 0 Å². The highest BCUT2D eigenvalue weighted by atomic mass is 14.7. The highest BCUT2D eigenvalue weighted by molar-refractivity contribution is 5.11. The Balaban J connectivity index is 1.71. The molecule has 5 rings (SSSR count). The largest absolute Gasteiger partial charge is 0.330 e. The third-order valence-corrected chi connectivity index (χ3v) is 7.15.